The van der Waals surface area contributed by atoms with Gasteiger partial charge in [-0.15, -0.1) is 0 Å². The van der Waals surface area contributed by atoms with E-state index >= 15 is 0 Å². The lowest BCUT2D eigenvalue weighted by atomic mass is 9.65. The van der Waals surface area contributed by atoms with Crippen molar-refractivity contribution in [3.8, 4) is 0 Å². The summed E-state index contributed by atoms with van der Waals surface area (Å²) < 4.78 is 0. The molecule has 114 valence electrons. The average Bonchev–Trinajstić information content (AvgIpc) is 2.46. The van der Waals surface area contributed by atoms with Gasteiger partial charge in [-0.2, -0.15) is 0 Å². The van der Waals surface area contributed by atoms with Crippen molar-refractivity contribution >= 4 is 0 Å². The second-order valence-corrected chi connectivity index (χ2v) is 7.55. The maximum Gasteiger partial charge on any atom is 0.0778 e. The van der Waals surface area contributed by atoms with Crippen LogP contribution in [0.15, 0.2) is 11.6 Å². The minimum Gasteiger partial charge on any atom is -0.388 e. The van der Waals surface area contributed by atoms with E-state index in [0.29, 0.717) is 5.92 Å². The molecule has 0 aromatic rings. The van der Waals surface area contributed by atoms with Gasteiger partial charge in [0.05, 0.1) is 6.10 Å². The SMILES string of the molecule is OC(C1=CCCCCCC1)C1CCC2CCCCC2C1. The number of fused-ring (bicyclic) bond motifs is 1. The molecule has 0 aromatic heterocycles. The van der Waals surface area contributed by atoms with Gasteiger partial charge in [0.25, 0.3) is 0 Å². The largest absolute Gasteiger partial charge is 0.388 e. The third kappa shape index (κ3) is 3.47. The molecule has 0 aromatic carbocycles. The quantitative estimate of drug-likeness (QED) is 0.684. The van der Waals surface area contributed by atoms with Gasteiger partial charge >= 0.3 is 0 Å². The Hall–Kier alpha value is -0.300. The first-order chi connectivity index (χ1) is 9.84. The number of allylic oxidation sites excluding steroid dienone is 1. The van der Waals surface area contributed by atoms with Crippen LogP contribution < -0.4 is 0 Å². The summed E-state index contributed by atoms with van der Waals surface area (Å²) in [5.74, 6) is 2.50. The van der Waals surface area contributed by atoms with E-state index in [0.717, 1.165) is 18.3 Å². The minimum atomic E-state index is -0.115. The van der Waals surface area contributed by atoms with Gasteiger partial charge in [0, 0.05) is 0 Å². The Kier molecular flexibility index (Phi) is 5.20. The Balaban J connectivity index is 1.60. The number of hydrogen-bond donors (Lipinski definition) is 1. The van der Waals surface area contributed by atoms with E-state index in [1.165, 1.54) is 82.6 Å². The van der Waals surface area contributed by atoms with Gasteiger partial charge < -0.3 is 5.11 Å². The van der Waals surface area contributed by atoms with Gasteiger partial charge in [0.15, 0.2) is 0 Å². The van der Waals surface area contributed by atoms with Gasteiger partial charge in [-0.05, 0) is 68.3 Å². The Morgan fingerprint density at radius 2 is 1.65 bits per heavy atom. The van der Waals surface area contributed by atoms with E-state index in [9.17, 15) is 5.11 Å². The van der Waals surface area contributed by atoms with E-state index in [1.54, 1.807) is 0 Å². The number of rotatable bonds is 2. The molecule has 1 nitrogen and oxygen atoms in total. The number of aliphatic hydroxyl groups is 1. The molecule has 3 aliphatic rings. The molecule has 0 heterocycles. The fourth-order valence-electron chi connectivity index (χ4n) is 4.98. The van der Waals surface area contributed by atoms with Crippen LogP contribution in [0.3, 0.4) is 0 Å². The van der Waals surface area contributed by atoms with Crippen molar-refractivity contribution in [1.29, 1.82) is 0 Å². The molecule has 2 fully saturated rings. The maximum absolute atomic E-state index is 10.8. The third-order valence-corrected chi connectivity index (χ3v) is 6.23. The third-order valence-electron chi connectivity index (χ3n) is 6.23. The Labute approximate surface area is 124 Å². The number of hydrogen-bond acceptors (Lipinski definition) is 1. The van der Waals surface area contributed by atoms with E-state index in [-0.39, 0.29) is 6.10 Å². The van der Waals surface area contributed by atoms with E-state index in [2.05, 4.69) is 6.08 Å². The maximum atomic E-state index is 10.8. The first kappa shape index (κ1) is 14.6. The average molecular weight is 276 g/mol. The van der Waals surface area contributed by atoms with Gasteiger partial charge in [0.1, 0.15) is 0 Å². The summed E-state index contributed by atoms with van der Waals surface area (Å²) in [5, 5.41) is 10.8. The lowest BCUT2D eigenvalue weighted by Crippen LogP contribution is -2.34. The van der Waals surface area contributed by atoms with Gasteiger partial charge in [0.2, 0.25) is 0 Å². The highest BCUT2D eigenvalue weighted by Crippen LogP contribution is 2.44. The molecule has 20 heavy (non-hydrogen) atoms. The topological polar surface area (TPSA) is 20.2 Å². The number of aliphatic hydroxyl groups excluding tert-OH is 1. The molecule has 1 N–H and O–H groups in total. The Morgan fingerprint density at radius 1 is 0.850 bits per heavy atom. The zero-order valence-electron chi connectivity index (χ0n) is 13.0. The lowest BCUT2D eigenvalue weighted by Gasteiger charge is -2.41. The molecule has 2 saturated carbocycles. The fraction of sp³-hybridized carbons (Fsp3) is 0.895. The van der Waals surface area contributed by atoms with Crippen LogP contribution in [-0.2, 0) is 0 Å². The van der Waals surface area contributed by atoms with E-state index < -0.39 is 0 Å². The lowest BCUT2D eigenvalue weighted by molar-refractivity contribution is 0.0524. The van der Waals surface area contributed by atoms with Crippen LogP contribution in [-0.4, -0.2) is 11.2 Å². The van der Waals surface area contributed by atoms with Crippen molar-refractivity contribution in [2.45, 2.75) is 89.6 Å². The second-order valence-electron chi connectivity index (χ2n) is 7.55. The predicted octanol–water partition coefficient (Wildman–Crippen LogP) is 5.23. The molecule has 3 rings (SSSR count). The smallest absolute Gasteiger partial charge is 0.0778 e. The highest BCUT2D eigenvalue weighted by atomic mass is 16.3. The van der Waals surface area contributed by atoms with E-state index in [4.69, 9.17) is 0 Å². The second kappa shape index (κ2) is 7.11. The summed E-state index contributed by atoms with van der Waals surface area (Å²) in [6.07, 6.45) is 19.8. The Morgan fingerprint density at radius 3 is 2.55 bits per heavy atom. The molecule has 0 spiro atoms. The van der Waals surface area contributed by atoms with Crippen LogP contribution in [0.4, 0.5) is 0 Å². The van der Waals surface area contributed by atoms with Crippen LogP contribution in [0.25, 0.3) is 0 Å². The Bertz CT molecular complexity index is 333. The highest BCUT2D eigenvalue weighted by molar-refractivity contribution is 5.11. The summed E-state index contributed by atoms with van der Waals surface area (Å²) in [6, 6.07) is 0. The van der Waals surface area contributed by atoms with Crippen molar-refractivity contribution in [3.05, 3.63) is 11.6 Å². The zero-order chi connectivity index (χ0) is 13.8. The van der Waals surface area contributed by atoms with Gasteiger partial charge in [-0.25, -0.2) is 0 Å². The van der Waals surface area contributed by atoms with Gasteiger partial charge in [-0.1, -0.05) is 44.6 Å². The van der Waals surface area contributed by atoms with Crippen LogP contribution in [0.1, 0.15) is 83.5 Å². The molecular formula is C19H32O. The molecule has 0 radical (unpaired) electrons. The van der Waals surface area contributed by atoms with Gasteiger partial charge in [-0.3, -0.25) is 0 Å². The summed E-state index contributed by atoms with van der Waals surface area (Å²) >= 11 is 0. The molecule has 1 heteroatoms. The first-order valence-corrected chi connectivity index (χ1v) is 9.21. The highest BCUT2D eigenvalue weighted by Gasteiger charge is 2.35. The summed E-state index contributed by atoms with van der Waals surface area (Å²) in [5.41, 5.74) is 1.39. The van der Waals surface area contributed by atoms with Crippen molar-refractivity contribution < 1.29 is 5.11 Å². The van der Waals surface area contributed by atoms with Crippen LogP contribution in [0, 0.1) is 17.8 Å². The summed E-state index contributed by atoms with van der Waals surface area (Å²) in [6.45, 7) is 0. The molecule has 0 amide bonds. The molecule has 0 saturated heterocycles. The summed E-state index contributed by atoms with van der Waals surface area (Å²) in [7, 11) is 0. The van der Waals surface area contributed by atoms with E-state index in [1.807, 2.05) is 0 Å². The van der Waals surface area contributed by atoms with Crippen LogP contribution in [0.5, 0.6) is 0 Å². The standard InChI is InChI=1S/C19H32O/c20-19(16-9-4-2-1-3-5-10-16)18-13-12-15-8-6-7-11-17(15)14-18/h9,15,17-20H,1-8,10-14H2. The van der Waals surface area contributed by atoms with Crippen molar-refractivity contribution in [2.75, 3.05) is 0 Å². The molecule has 4 atom stereocenters. The molecule has 0 bridgehead atoms. The monoisotopic (exact) mass is 276 g/mol. The summed E-state index contributed by atoms with van der Waals surface area (Å²) in [4.78, 5) is 0. The predicted molar refractivity (Wildman–Crippen MR) is 84.6 cm³/mol. The van der Waals surface area contributed by atoms with Crippen molar-refractivity contribution in [3.63, 3.8) is 0 Å². The molecule has 0 aliphatic heterocycles. The fourth-order valence-corrected chi connectivity index (χ4v) is 4.98. The zero-order valence-corrected chi connectivity index (χ0v) is 13.0. The molecule has 4 unspecified atom stereocenters. The van der Waals surface area contributed by atoms with Crippen molar-refractivity contribution in [1.82, 2.24) is 0 Å². The normalized spacial score (nSPS) is 37.2. The minimum absolute atomic E-state index is 0.115. The van der Waals surface area contributed by atoms with Crippen molar-refractivity contribution in [2.24, 2.45) is 17.8 Å². The molecular weight excluding hydrogens is 244 g/mol. The van der Waals surface area contributed by atoms with Crippen LogP contribution in [0.2, 0.25) is 0 Å². The van der Waals surface area contributed by atoms with Crippen LogP contribution >= 0.6 is 0 Å². The first-order valence-electron chi connectivity index (χ1n) is 9.21. The molecule has 3 aliphatic carbocycles.